The van der Waals surface area contributed by atoms with Crippen LogP contribution in [0, 0.1) is 0 Å². The van der Waals surface area contributed by atoms with Crippen molar-refractivity contribution in [1.82, 2.24) is 9.97 Å². The normalized spacial score (nSPS) is 10.4. The van der Waals surface area contributed by atoms with Gasteiger partial charge in [-0.2, -0.15) is 0 Å². The fourth-order valence-corrected chi connectivity index (χ4v) is 2.03. The monoisotopic (exact) mass is 265 g/mol. The van der Waals surface area contributed by atoms with Gasteiger partial charge in [0, 0.05) is 17.1 Å². The largest absolute Gasteiger partial charge is 0.465 e. The van der Waals surface area contributed by atoms with E-state index in [1.54, 1.807) is 18.3 Å². The number of fused-ring (bicyclic) bond motifs is 1. The molecule has 5 nitrogen and oxygen atoms in total. The van der Waals surface area contributed by atoms with Crippen molar-refractivity contribution in [3.05, 3.63) is 54.7 Å². The fourth-order valence-electron chi connectivity index (χ4n) is 2.03. The van der Waals surface area contributed by atoms with Crippen LogP contribution in [0.4, 0.5) is 10.5 Å². The second kappa shape index (κ2) is 4.97. The predicted molar refractivity (Wildman–Crippen MR) is 76.6 cm³/mol. The summed E-state index contributed by atoms with van der Waals surface area (Å²) in [7, 11) is 0. The van der Waals surface area contributed by atoms with E-state index in [1.165, 1.54) is 0 Å². The number of hydrogen-bond donors (Lipinski definition) is 2. The molecule has 1 aromatic carbocycles. The Morgan fingerprint density at radius 2 is 1.90 bits per heavy atom. The Morgan fingerprint density at radius 3 is 2.65 bits per heavy atom. The van der Waals surface area contributed by atoms with Gasteiger partial charge in [-0.3, -0.25) is 5.32 Å². The number of nitrogens with zero attached hydrogens (tertiary/aromatic N) is 2. The van der Waals surface area contributed by atoms with Crippen LogP contribution in [0.1, 0.15) is 0 Å². The van der Waals surface area contributed by atoms with Gasteiger partial charge in [-0.05, 0) is 18.2 Å². The SMILES string of the molecule is O=C(O)Nc1cc2cccnc2nc1-c1ccccc1. The molecule has 0 bridgehead atoms. The van der Waals surface area contributed by atoms with Crippen LogP contribution in [0.15, 0.2) is 54.7 Å². The minimum absolute atomic E-state index is 0.448. The van der Waals surface area contributed by atoms with Gasteiger partial charge >= 0.3 is 6.09 Å². The quantitative estimate of drug-likeness (QED) is 0.744. The third-order valence-corrected chi connectivity index (χ3v) is 2.88. The van der Waals surface area contributed by atoms with Gasteiger partial charge in [0.25, 0.3) is 0 Å². The molecule has 2 heterocycles. The summed E-state index contributed by atoms with van der Waals surface area (Å²) in [6.45, 7) is 0. The van der Waals surface area contributed by atoms with Crippen LogP contribution in [0.5, 0.6) is 0 Å². The van der Waals surface area contributed by atoms with Crippen LogP contribution in [-0.2, 0) is 0 Å². The molecule has 0 saturated carbocycles. The second-order valence-electron chi connectivity index (χ2n) is 4.23. The number of nitrogens with one attached hydrogen (secondary N) is 1. The van der Waals surface area contributed by atoms with Crippen LogP contribution < -0.4 is 5.32 Å². The number of carboxylic acid groups (broad SMARTS) is 1. The molecule has 0 atom stereocenters. The van der Waals surface area contributed by atoms with Gasteiger partial charge in [-0.1, -0.05) is 30.3 Å². The number of anilines is 1. The van der Waals surface area contributed by atoms with E-state index >= 15 is 0 Å². The molecule has 2 N–H and O–H groups in total. The van der Waals surface area contributed by atoms with Gasteiger partial charge in [-0.25, -0.2) is 14.8 Å². The highest BCUT2D eigenvalue weighted by atomic mass is 16.4. The van der Waals surface area contributed by atoms with Crippen molar-refractivity contribution < 1.29 is 9.90 Å². The Morgan fingerprint density at radius 1 is 1.10 bits per heavy atom. The van der Waals surface area contributed by atoms with Gasteiger partial charge in [0.2, 0.25) is 0 Å². The van der Waals surface area contributed by atoms with Crippen LogP contribution in [0.2, 0.25) is 0 Å². The van der Waals surface area contributed by atoms with Crippen molar-refractivity contribution in [2.45, 2.75) is 0 Å². The van der Waals surface area contributed by atoms with Gasteiger partial charge < -0.3 is 5.11 Å². The molecular formula is C15H11N3O2. The molecule has 0 radical (unpaired) electrons. The van der Waals surface area contributed by atoms with E-state index in [0.29, 0.717) is 17.0 Å². The maximum absolute atomic E-state index is 10.9. The summed E-state index contributed by atoms with van der Waals surface area (Å²) >= 11 is 0. The summed E-state index contributed by atoms with van der Waals surface area (Å²) in [5, 5.41) is 12.1. The van der Waals surface area contributed by atoms with Gasteiger partial charge in [-0.15, -0.1) is 0 Å². The lowest BCUT2D eigenvalue weighted by Crippen LogP contribution is -2.09. The van der Waals surface area contributed by atoms with E-state index < -0.39 is 6.09 Å². The third-order valence-electron chi connectivity index (χ3n) is 2.88. The molecule has 0 fully saturated rings. The predicted octanol–water partition coefficient (Wildman–Crippen LogP) is 3.39. The maximum atomic E-state index is 10.9. The molecule has 2 aromatic heterocycles. The number of carbonyl (C=O) groups is 1. The molecule has 0 unspecified atom stereocenters. The Bertz CT molecular complexity index is 772. The van der Waals surface area contributed by atoms with Crippen LogP contribution in [-0.4, -0.2) is 21.2 Å². The van der Waals surface area contributed by atoms with Crippen molar-refractivity contribution in [3.8, 4) is 11.3 Å². The van der Waals surface area contributed by atoms with E-state index in [4.69, 9.17) is 5.11 Å². The molecule has 3 aromatic rings. The number of hydrogen-bond acceptors (Lipinski definition) is 3. The Labute approximate surface area is 114 Å². The molecule has 0 aliphatic carbocycles. The van der Waals surface area contributed by atoms with E-state index in [9.17, 15) is 4.79 Å². The highest BCUT2D eigenvalue weighted by Gasteiger charge is 2.11. The first-order valence-electron chi connectivity index (χ1n) is 6.05. The lowest BCUT2D eigenvalue weighted by molar-refractivity contribution is 0.210. The minimum atomic E-state index is -1.12. The average molecular weight is 265 g/mol. The number of rotatable bonds is 2. The molecule has 0 saturated heterocycles. The van der Waals surface area contributed by atoms with Crippen molar-refractivity contribution in [2.75, 3.05) is 5.32 Å². The zero-order valence-corrected chi connectivity index (χ0v) is 10.4. The molecule has 5 heteroatoms. The minimum Gasteiger partial charge on any atom is -0.465 e. The van der Waals surface area contributed by atoms with E-state index in [1.807, 2.05) is 36.4 Å². The molecule has 0 spiro atoms. The summed E-state index contributed by atoms with van der Waals surface area (Å²) in [5.41, 5.74) is 2.44. The average Bonchev–Trinajstić information content (AvgIpc) is 2.47. The van der Waals surface area contributed by atoms with Crippen LogP contribution >= 0.6 is 0 Å². The lowest BCUT2D eigenvalue weighted by atomic mass is 10.1. The Balaban J connectivity index is 2.24. The van der Waals surface area contributed by atoms with E-state index in [0.717, 1.165) is 10.9 Å². The number of amides is 1. The third kappa shape index (κ3) is 2.29. The molecule has 0 aliphatic rings. The first-order valence-corrected chi connectivity index (χ1v) is 6.05. The second-order valence-corrected chi connectivity index (χ2v) is 4.23. The first-order chi connectivity index (χ1) is 9.74. The van der Waals surface area contributed by atoms with Crippen LogP contribution in [0.3, 0.4) is 0 Å². The standard InChI is InChI=1S/C15H11N3O2/c19-15(20)17-12-9-11-7-4-8-16-14(11)18-13(12)10-5-2-1-3-6-10/h1-9,17H,(H,19,20). The topological polar surface area (TPSA) is 75.1 Å². The maximum Gasteiger partial charge on any atom is 0.409 e. The van der Waals surface area contributed by atoms with E-state index in [2.05, 4.69) is 15.3 Å². The highest BCUT2D eigenvalue weighted by molar-refractivity contribution is 5.94. The van der Waals surface area contributed by atoms with Gasteiger partial charge in [0.1, 0.15) is 0 Å². The number of aromatic nitrogens is 2. The molecular weight excluding hydrogens is 254 g/mol. The summed E-state index contributed by atoms with van der Waals surface area (Å²) in [5.74, 6) is 0. The molecule has 0 aliphatic heterocycles. The zero-order valence-electron chi connectivity index (χ0n) is 10.4. The van der Waals surface area contributed by atoms with Crippen molar-refractivity contribution in [3.63, 3.8) is 0 Å². The molecule has 20 heavy (non-hydrogen) atoms. The first kappa shape index (κ1) is 12.1. The fraction of sp³-hybridized carbons (Fsp3) is 0. The van der Waals surface area contributed by atoms with Crippen molar-refractivity contribution >= 4 is 22.8 Å². The number of pyridine rings is 2. The highest BCUT2D eigenvalue weighted by Crippen LogP contribution is 2.28. The summed E-state index contributed by atoms with van der Waals surface area (Å²) < 4.78 is 0. The Kier molecular flexibility index (Phi) is 3.01. The lowest BCUT2D eigenvalue weighted by Gasteiger charge is -2.10. The van der Waals surface area contributed by atoms with E-state index in [-0.39, 0.29) is 0 Å². The molecule has 3 rings (SSSR count). The zero-order chi connectivity index (χ0) is 13.9. The molecule has 98 valence electrons. The summed E-state index contributed by atoms with van der Waals surface area (Å²) in [6.07, 6.45) is 0.543. The summed E-state index contributed by atoms with van der Waals surface area (Å²) in [6, 6.07) is 14.8. The number of benzene rings is 1. The smallest absolute Gasteiger partial charge is 0.409 e. The molecule has 1 amide bonds. The summed E-state index contributed by atoms with van der Waals surface area (Å²) in [4.78, 5) is 19.6. The van der Waals surface area contributed by atoms with Gasteiger partial charge in [0.15, 0.2) is 5.65 Å². The van der Waals surface area contributed by atoms with Gasteiger partial charge in [0.05, 0.1) is 11.4 Å². The van der Waals surface area contributed by atoms with Crippen molar-refractivity contribution in [2.24, 2.45) is 0 Å². The Hall–Kier alpha value is -2.95. The van der Waals surface area contributed by atoms with Crippen LogP contribution in [0.25, 0.3) is 22.3 Å². The van der Waals surface area contributed by atoms with Crippen molar-refractivity contribution in [1.29, 1.82) is 0 Å².